The van der Waals surface area contributed by atoms with Crippen molar-refractivity contribution in [3.63, 3.8) is 0 Å². The van der Waals surface area contributed by atoms with Gasteiger partial charge in [-0.15, -0.1) is 0 Å². The molecule has 1 aromatic rings. The Bertz CT molecular complexity index is 426. The molecule has 106 valence electrons. The zero-order valence-electron chi connectivity index (χ0n) is 11.6. The average molecular weight is 266 g/mol. The fraction of sp³-hybridized carbons (Fsp3) is 0.571. The molecular weight excluding hydrogens is 244 g/mol. The van der Waals surface area contributed by atoms with Crippen molar-refractivity contribution in [2.45, 2.75) is 52.1 Å². The van der Waals surface area contributed by atoms with E-state index in [-0.39, 0.29) is 18.4 Å². The van der Waals surface area contributed by atoms with Crippen molar-refractivity contribution in [3.8, 4) is 0 Å². The SMILES string of the molecule is CCCn1cccc1C(=O)NC(C)CCCC(=O)O. The summed E-state index contributed by atoms with van der Waals surface area (Å²) in [5.74, 6) is -0.892. The molecule has 0 saturated carbocycles. The van der Waals surface area contributed by atoms with E-state index in [1.165, 1.54) is 0 Å². The summed E-state index contributed by atoms with van der Waals surface area (Å²) in [6, 6.07) is 3.64. The van der Waals surface area contributed by atoms with Crippen molar-refractivity contribution in [2.75, 3.05) is 0 Å². The molecule has 1 amide bonds. The van der Waals surface area contributed by atoms with Gasteiger partial charge in [0.25, 0.3) is 5.91 Å². The first-order chi connectivity index (χ1) is 9.04. The Morgan fingerprint density at radius 2 is 2.21 bits per heavy atom. The molecule has 5 nitrogen and oxygen atoms in total. The number of carboxylic acids is 1. The normalized spacial score (nSPS) is 12.1. The molecule has 1 aromatic heterocycles. The van der Waals surface area contributed by atoms with Gasteiger partial charge in [0, 0.05) is 25.2 Å². The Hall–Kier alpha value is -1.78. The van der Waals surface area contributed by atoms with Crippen LogP contribution in [-0.4, -0.2) is 27.6 Å². The van der Waals surface area contributed by atoms with Crippen LogP contribution < -0.4 is 5.32 Å². The second kappa shape index (κ2) is 7.61. The van der Waals surface area contributed by atoms with E-state index in [2.05, 4.69) is 12.2 Å². The molecule has 2 N–H and O–H groups in total. The number of amides is 1. The summed E-state index contributed by atoms with van der Waals surface area (Å²) in [4.78, 5) is 22.5. The van der Waals surface area contributed by atoms with Crippen LogP contribution >= 0.6 is 0 Å². The molecule has 0 spiro atoms. The van der Waals surface area contributed by atoms with Gasteiger partial charge in [-0.1, -0.05) is 6.92 Å². The van der Waals surface area contributed by atoms with Crippen molar-refractivity contribution >= 4 is 11.9 Å². The molecule has 0 aliphatic carbocycles. The van der Waals surface area contributed by atoms with Crippen LogP contribution in [0.3, 0.4) is 0 Å². The Morgan fingerprint density at radius 3 is 2.84 bits per heavy atom. The van der Waals surface area contributed by atoms with Gasteiger partial charge in [0.15, 0.2) is 0 Å². The van der Waals surface area contributed by atoms with Gasteiger partial charge >= 0.3 is 5.97 Å². The third-order valence-electron chi connectivity index (χ3n) is 2.93. The van der Waals surface area contributed by atoms with Gasteiger partial charge in [0.1, 0.15) is 5.69 Å². The molecule has 0 bridgehead atoms. The number of aliphatic carboxylic acids is 1. The minimum Gasteiger partial charge on any atom is -0.481 e. The average Bonchev–Trinajstić information content (AvgIpc) is 2.77. The number of nitrogens with one attached hydrogen (secondary N) is 1. The topological polar surface area (TPSA) is 71.3 Å². The van der Waals surface area contributed by atoms with Crippen LogP contribution in [0.15, 0.2) is 18.3 Å². The van der Waals surface area contributed by atoms with Gasteiger partial charge in [0.05, 0.1) is 0 Å². The van der Waals surface area contributed by atoms with Gasteiger partial charge in [-0.25, -0.2) is 0 Å². The highest BCUT2D eigenvalue weighted by molar-refractivity contribution is 5.92. The summed E-state index contributed by atoms with van der Waals surface area (Å²) in [6.07, 6.45) is 4.27. The summed E-state index contributed by atoms with van der Waals surface area (Å²) >= 11 is 0. The first kappa shape index (κ1) is 15.3. The van der Waals surface area contributed by atoms with E-state index in [9.17, 15) is 9.59 Å². The predicted molar refractivity (Wildman–Crippen MR) is 73.1 cm³/mol. The van der Waals surface area contributed by atoms with Gasteiger partial charge in [-0.3, -0.25) is 9.59 Å². The van der Waals surface area contributed by atoms with Crippen molar-refractivity contribution in [3.05, 3.63) is 24.0 Å². The smallest absolute Gasteiger partial charge is 0.303 e. The molecule has 0 fully saturated rings. The number of aromatic nitrogens is 1. The highest BCUT2D eigenvalue weighted by Crippen LogP contribution is 2.06. The fourth-order valence-corrected chi connectivity index (χ4v) is 1.99. The Balaban J connectivity index is 2.45. The van der Waals surface area contributed by atoms with E-state index in [0.717, 1.165) is 13.0 Å². The lowest BCUT2D eigenvalue weighted by atomic mass is 10.1. The Labute approximate surface area is 113 Å². The number of nitrogens with zero attached hydrogens (tertiary/aromatic N) is 1. The monoisotopic (exact) mass is 266 g/mol. The van der Waals surface area contributed by atoms with E-state index in [1.54, 1.807) is 6.07 Å². The van der Waals surface area contributed by atoms with Crippen LogP contribution in [0.4, 0.5) is 0 Å². The zero-order chi connectivity index (χ0) is 14.3. The molecule has 5 heteroatoms. The van der Waals surface area contributed by atoms with E-state index in [4.69, 9.17) is 5.11 Å². The quantitative estimate of drug-likeness (QED) is 0.758. The maximum absolute atomic E-state index is 12.1. The molecule has 0 aromatic carbocycles. The molecule has 1 heterocycles. The van der Waals surface area contributed by atoms with Crippen LogP contribution in [0.2, 0.25) is 0 Å². The standard InChI is InChI=1S/C14H22N2O3/c1-3-9-16-10-5-7-12(16)14(19)15-11(2)6-4-8-13(17)18/h5,7,10-11H,3-4,6,8-9H2,1-2H3,(H,15,19)(H,17,18). The summed E-state index contributed by atoms with van der Waals surface area (Å²) in [5, 5.41) is 11.5. The number of hydrogen-bond donors (Lipinski definition) is 2. The van der Waals surface area contributed by atoms with E-state index >= 15 is 0 Å². The van der Waals surface area contributed by atoms with Crippen molar-refractivity contribution < 1.29 is 14.7 Å². The van der Waals surface area contributed by atoms with Crippen LogP contribution in [0, 0.1) is 0 Å². The van der Waals surface area contributed by atoms with Crippen molar-refractivity contribution in [1.82, 2.24) is 9.88 Å². The highest BCUT2D eigenvalue weighted by atomic mass is 16.4. The zero-order valence-corrected chi connectivity index (χ0v) is 11.6. The van der Waals surface area contributed by atoms with Crippen molar-refractivity contribution in [1.29, 1.82) is 0 Å². The second-order valence-corrected chi connectivity index (χ2v) is 4.75. The fourth-order valence-electron chi connectivity index (χ4n) is 1.99. The second-order valence-electron chi connectivity index (χ2n) is 4.75. The minimum atomic E-state index is -0.796. The molecule has 1 unspecified atom stereocenters. The lowest BCUT2D eigenvalue weighted by molar-refractivity contribution is -0.137. The molecule has 1 atom stereocenters. The lowest BCUT2D eigenvalue weighted by Gasteiger charge is -2.14. The number of rotatable bonds is 8. The minimum absolute atomic E-state index is 0.0168. The number of aryl methyl sites for hydroxylation is 1. The predicted octanol–water partition coefficient (Wildman–Crippen LogP) is 2.27. The summed E-state index contributed by atoms with van der Waals surface area (Å²) in [5.41, 5.74) is 0.659. The van der Waals surface area contributed by atoms with Gasteiger partial charge in [0.2, 0.25) is 0 Å². The number of carbonyl (C=O) groups excluding carboxylic acids is 1. The van der Waals surface area contributed by atoms with E-state index in [0.29, 0.717) is 18.5 Å². The maximum atomic E-state index is 12.1. The summed E-state index contributed by atoms with van der Waals surface area (Å²) in [6.45, 7) is 4.78. The van der Waals surface area contributed by atoms with Crippen LogP contribution in [0.1, 0.15) is 50.0 Å². The van der Waals surface area contributed by atoms with Crippen molar-refractivity contribution in [2.24, 2.45) is 0 Å². The highest BCUT2D eigenvalue weighted by Gasteiger charge is 2.13. The van der Waals surface area contributed by atoms with Crippen LogP contribution in [0.5, 0.6) is 0 Å². The third kappa shape index (κ3) is 5.16. The van der Waals surface area contributed by atoms with Crippen LogP contribution in [-0.2, 0) is 11.3 Å². The number of carbonyl (C=O) groups is 2. The van der Waals surface area contributed by atoms with E-state index in [1.807, 2.05) is 23.8 Å². The van der Waals surface area contributed by atoms with Gasteiger partial charge < -0.3 is 15.0 Å². The summed E-state index contributed by atoms with van der Waals surface area (Å²) in [7, 11) is 0. The molecule has 0 aliphatic rings. The lowest BCUT2D eigenvalue weighted by Crippen LogP contribution is -2.33. The molecule has 0 radical (unpaired) electrons. The molecule has 0 aliphatic heterocycles. The number of hydrogen-bond acceptors (Lipinski definition) is 2. The first-order valence-electron chi connectivity index (χ1n) is 6.72. The number of carboxylic acid groups (broad SMARTS) is 1. The van der Waals surface area contributed by atoms with Gasteiger partial charge in [-0.05, 0) is 38.3 Å². The maximum Gasteiger partial charge on any atom is 0.303 e. The summed E-state index contributed by atoms with van der Waals surface area (Å²) < 4.78 is 1.93. The third-order valence-corrected chi connectivity index (χ3v) is 2.93. The van der Waals surface area contributed by atoms with E-state index < -0.39 is 5.97 Å². The molecule has 1 rings (SSSR count). The molecule has 19 heavy (non-hydrogen) atoms. The largest absolute Gasteiger partial charge is 0.481 e. The molecular formula is C14H22N2O3. The molecule has 0 saturated heterocycles. The first-order valence-corrected chi connectivity index (χ1v) is 6.72. The Kier molecular flexibility index (Phi) is 6.12. The van der Waals surface area contributed by atoms with Crippen LogP contribution in [0.25, 0.3) is 0 Å². The van der Waals surface area contributed by atoms with Gasteiger partial charge in [-0.2, -0.15) is 0 Å². The Morgan fingerprint density at radius 1 is 1.47 bits per heavy atom.